The molecule has 3 aromatic rings. The van der Waals surface area contributed by atoms with E-state index in [4.69, 9.17) is 10.1 Å². The molecule has 0 saturated heterocycles. The van der Waals surface area contributed by atoms with Crippen LogP contribution < -0.4 is 10.6 Å². The van der Waals surface area contributed by atoms with Gasteiger partial charge in [0.25, 0.3) is 0 Å². The molecule has 0 spiro atoms. The lowest BCUT2D eigenvalue weighted by Crippen LogP contribution is -2.28. The summed E-state index contributed by atoms with van der Waals surface area (Å²) < 4.78 is 9.72. The van der Waals surface area contributed by atoms with Gasteiger partial charge in [0, 0.05) is 27.0 Å². The van der Waals surface area contributed by atoms with Gasteiger partial charge < -0.3 is 14.8 Å². The van der Waals surface area contributed by atoms with Crippen molar-refractivity contribution in [3.63, 3.8) is 0 Å². The molecule has 2 aromatic carbocycles. The number of carbonyl (C=O) groups excluding carboxylic acids is 1. The van der Waals surface area contributed by atoms with Crippen molar-refractivity contribution in [2.24, 2.45) is 0 Å². The lowest BCUT2D eigenvalue weighted by atomic mass is 10.2. The number of ether oxygens (including phenoxy) is 2. The third-order valence-electron chi connectivity index (χ3n) is 3.79. The first kappa shape index (κ1) is 22.6. The van der Waals surface area contributed by atoms with E-state index in [1.54, 1.807) is 26.4 Å². The molecule has 0 aliphatic rings. The summed E-state index contributed by atoms with van der Waals surface area (Å²) in [6, 6.07) is 22.3. The molecular weight excluding hydrogens is 380 g/mol. The summed E-state index contributed by atoms with van der Waals surface area (Å²) in [6.07, 6.45) is 1.50. The Hall–Kier alpha value is -3.71. The van der Waals surface area contributed by atoms with Crippen LogP contribution in [0.2, 0.25) is 0 Å². The Morgan fingerprint density at radius 2 is 1.53 bits per heavy atom. The molecule has 0 aliphatic carbocycles. The molecule has 30 heavy (non-hydrogen) atoms. The Labute approximate surface area is 176 Å². The van der Waals surface area contributed by atoms with Crippen molar-refractivity contribution in [1.29, 1.82) is 5.41 Å². The van der Waals surface area contributed by atoms with Crippen molar-refractivity contribution in [3.8, 4) is 0 Å². The number of carbonyl (C=O) groups is 1. The molecule has 7 nitrogen and oxygen atoms in total. The summed E-state index contributed by atoms with van der Waals surface area (Å²) in [6.45, 7) is 0.754. The maximum Gasteiger partial charge on any atom is 0.320 e. The van der Waals surface area contributed by atoms with E-state index in [0.29, 0.717) is 24.5 Å². The van der Waals surface area contributed by atoms with Gasteiger partial charge in [0.05, 0.1) is 5.56 Å². The van der Waals surface area contributed by atoms with Gasteiger partial charge in [-0.1, -0.05) is 60.7 Å². The van der Waals surface area contributed by atoms with Crippen LogP contribution in [0.5, 0.6) is 0 Å². The Balaban J connectivity index is 0.00000101. The maximum atomic E-state index is 11.9. The van der Waals surface area contributed by atoms with Gasteiger partial charge >= 0.3 is 6.03 Å². The standard InChI is InChI=1S/C21H20N4O2.C2H6O/c22-20(27-15-17-9-5-2-6-10-17)18-11-12-19(23-14-18)25-21(26)24-13-16-7-3-1-4-8-16;1-3-2/h1-12,14,22H,13,15H2,(H2,23,24,25,26);1-2H3. The first-order valence-corrected chi connectivity index (χ1v) is 9.33. The normalized spacial score (nSPS) is 9.67. The van der Waals surface area contributed by atoms with E-state index in [1.165, 1.54) is 6.20 Å². The van der Waals surface area contributed by atoms with Gasteiger partial charge in [0.1, 0.15) is 12.4 Å². The van der Waals surface area contributed by atoms with Gasteiger partial charge in [-0.25, -0.2) is 9.78 Å². The fraction of sp³-hybridized carbons (Fsp3) is 0.174. The maximum absolute atomic E-state index is 11.9. The number of hydrogen-bond donors (Lipinski definition) is 3. The number of pyridine rings is 1. The minimum atomic E-state index is -0.338. The van der Waals surface area contributed by atoms with Crippen molar-refractivity contribution >= 4 is 17.7 Å². The number of hydrogen-bond acceptors (Lipinski definition) is 5. The zero-order valence-corrected chi connectivity index (χ0v) is 17.1. The predicted molar refractivity (Wildman–Crippen MR) is 118 cm³/mol. The molecule has 0 radical (unpaired) electrons. The Morgan fingerprint density at radius 3 is 2.10 bits per heavy atom. The molecule has 2 amide bonds. The Kier molecular flexibility index (Phi) is 9.55. The summed E-state index contributed by atoms with van der Waals surface area (Å²) in [5.74, 6) is 0.437. The monoisotopic (exact) mass is 406 g/mol. The van der Waals surface area contributed by atoms with Gasteiger partial charge in [-0.15, -0.1) is 0 Å². The lowest BCUT2D eigenvalue weighted by Gasteiger charge is -2.09. The minimum absolute atomic E-state index is 0.0337. The highest BCUT2D eigenvalue weighted by molar-refractivity contribution is 5.92. The molecule has 0 saturated carbocycles. The van der Waals surface area contributed by atoms with Crippen LogP contribution in [0.1, 0.15) is 16.7 Å². The second kappa shape index (κ2) is 12.7. The van der Waals surface area contributed by atoms with E-state index in [2.05, 4.69) is 20.4 Å². The summed E-state index contributed by atoms with van der Waals surface area (Å²) >= 11 is 0. The number of amides is 2. The van der Waals surface area contributed by atoms with Crippen LogP contribution in [0.4, 0.5) is 10.6 Å². The van der Waals surface area contributed by atoms with E-state index in [0.717, 1.165) is 11.1 Å². The zero-order chi connectivity index (χ0) is 21.6. The van der Waals surface area contributed by atoms with Gasteiger partial charge in [-0.2, -0.15) is 0 Å². The van der Waals surface area contributed by atoms with Crippen molar-refractivity contribution in [3.05, 3.63) is 95.7 Å². The fourth-order valence-electron chi connectivity index (χ4n) is 2.35. The summed E-state index contributed by atoms with van der Waals surface area (Å²) in [4.78, 5) is 16.1. The third kappa shape index (κ3) is 8.12. The average Bonchev–Trinajstić information content (AvgIpc) is 2.78. The number of urea groups is 1. The summed E-state index contributed by atoms with van der Waals surface area (Å²) in [5.41, 5.74) is 2.55. The van der Waals surface area contributed by atoms with Crippen molar-refractivity contribution in [2.75, 3.05) is 19.5 Å². The van der Waals surface area contributed by atoms with Gasteiger partial charge in [-0.05, 0) is 23.3 Å². The van der Waals surface area contributed by atoms with Gasteiger partial charge in [0.2, 0.25) is 5.90 Å². The van der Waals surface area contributed by atoms with Crippen molar-refractivity contribution in [2.45, 2.75) is 13.2 Å². The minimum Gasteiger partial charge on any atom is -0.473 e. The molecule has 0 atom stereocenters. The average molecular weight is 406 g/mol. The van der Waals surface area contributed by atoms with Crippen molar-refractivity contribution in [1.82, 2.24) is 10.3 Å². The topological polar surface area (TPSA) is 96.3 Å². The number of aromatic nitrogens is 1. The molecule has 156 valence electrons. The molecule has 0 aliphatic heterocycles. The fourth-order valence-corrected chi connectivity index (χ4v) is 2.35. The van der Waals surface area contributed by atoms with E-state index < -0.39 is 0 Å². The first-order valence-electron chi connectivity index (χ1n) is 9.33. The zero-order valence-electron chi connectivity index (χ0n) is 17.1. The van der Waals surface area contributed by atoms with Crippen LogP contribution >= 0.6 is 0 Å². The largest absolute Gasteiger partial charge is 0.473 e. The van der Waals surface area contributed by atoms with Crippen molar-refractivity contribution < 1.29 is 14.3 Å². The number of benzene rings is 2. The van der Waals surface area contributed by atoms with Gasteiger partial charge in [-0.3, -0.25) is 10.7 Å². The number of nitrogens with one attached hydrogen (secondary N) is 3. The molecule has 0 fully saturated rings. The molecule has 1 aromatic heterocycles. The quantitative estimate of drug-likeness (QED) is 0.422. The molecule has 7 heteroatoms. The number of nitrogens with zero attached hydrogens (tertiary/aromatic N) is 1. The van der Waals surface area contributed by atoms with Crippen LogP contribution in [0.15, 0.2) is 79.0 Å². The van der Waals surface area contributed by atoms with Crippen LogP contribution in [0, 0.1) is 5.41 Å². The van der Waals surface area contributed by atoms with Crippen LogP contribution in [-0.2, 0) is 22.6 Å². The number of rotatable bonds is 6. The molecular formula is C23H26N4O3. The lowest BCUT2D eigenvalue weighted by molar-refractivity contribution is 0.251. The smallest absolute Gasteiger partial charge is 0.320 e. The van der Waals surface area contributed by atoms with Crippen LogP contribution in [-0.4, -0.2) is 31.1 Å². The molecule has 0 unspecified atom stereocenters. The summed E-state index contributed by atoms with van der Waals surface area (Å²) in [5, 5.41) is 13.4. The highest BCUT2D eigenvalue weighted by Gasteiger charge is 2.06. The number of anilines is 1. The SMILES string of the molecule is COC.N=C(OCc1ccccc1)c1ccc(NC(=O)NCc2ccccc2)nc1. The second-order valence-corrected chi connectivity index (χ2v) is 6.24. The Morgan fingerprint density at radius 1 is 0.933 bits per heavy atom. The van der Waals surface area contributed by atoms with E-state index in [1.807, 2.05) is 60.7 Å². The van der Waals surface area contributed by atoms with Crippen LogP contribution in [0.25, 0.3) is 0 Å². The highest BCUT2D eigenvalue weighted by atomic mass is 16.5. The first-order chi connectivity index (χ1) is 14.6. The van der Waals surface area contributed by atoms with E-state index in [9.17, 15) is 4.79 Å². The summed E-state index contributed by atoms with van der Waals surface area (Å²) in [7, 11) is 3.25. The van der Waals surface area contributed by atoms with E-state index in [-0.39, 0.29) is 11.9 Å². The molecule has 3 N–H and O–H groups in total. The molecule has 3 rings (SSSR count). The Bertz CT molecular complexity index is 901. The highest BCUT2D eigenvalue weighted by Crippen LogP contribution is 2.09. The second-order valence-electron chi connectivity index (χ2n) is 6.24. The molecule has 1 heterocycles. The number of methoxy groups -OCH3 is 1. The van der Waals surface area contributed by atoms with Gasteiger partial charge in [0.15, 0.2) is 0 Å². The third-order valence-corrected chi connectivity index (χ3v) is 3.79. The van der Waals surface area contributed by atoms with E-state index >= 15 is 0 Å². The predicted octanol–water partition coefficient (Wildman–Crippen LogP) is 4.21. The molecule has 0 bridgehead atoms. The van der Waals surface area contributed by atoms with Crippen LogP contribution in [0.3, 0.4) is 0 Å².